The number of carbonyl (C=O) groups is 2. The van der Waals surface area contributed by atoms with Crippen LogP contribution in [0, 0.1) is 13.2 Å². The third-order valence-electron chi connectivity index (χ3n) is 14.4. The second kappa shape index (κ2) is 69.2. The van der Waals surface area contributed by atoms with E-state index in [1.54, 1.807) is 6.07 Å². The van der Waals surface area contributed by atoms with Gasteiger partial charge >= 0.3 is 67.9 Å². The summed E-state index contributed by atoms with van der Waals surface area (Å²) in [5, 5.41) is 73.4. The second-order valence-electron chi connectivity index (χ2n) is 21.8. The number of hydrogen-bond donors (Lipinski definition) is 5. The summed E-state index contributed by atoms with van der Waals surface area (Å²) in [4.78, 5) is 23.8. The third-order valence-corrected chi connectivity index (χ3v) is 16.6. The molecule has 601 valence electrons. The Morgan fingerprint density at radius 1 is 0.557 bits per heavy atom. The summed E-state index contributed by atoms with van der Waals surface area (Å²) in [5.74, 6) is 2.22. The number of rotatable bonds is 25. The molecule has 11 aromatic rings. The van der Waals surface area contributed by atoms with Crippen LogP contribution in [-0.2, 0) is 75.2 Å². The number of ether oxygens (including phenoxy) is 7. The Hall–Kier alpha value is -6.74. The van der Waals surface area contributed by atoms with E-state index in [1.807, 2.05) is 189 Å². The molecule has 0 bridgehead atoms. The van der Waals surface area contributed by atoms with Gasteiger partial charge in [-0.05, 0) is 120 Å². The summed E-state index contributed by atoms with van der Waals surface area (Å²) >= 11 is 15.2. The SMILES string of the molecule is BrBr.C1CCOC1.C=C[C@@H](O)c1onc(OCc2ccccc2)c1Br.CO.C[C@H](C([O-])c1ccccc1)N1CCOCC1.O=C(CO)c1cc(OCc2ccccc2)no1.O=Cc1onc(OCc2ccccc2)c1Br.OCc1cc(OCc2ccccc2)no1.OCc1onc(OCc2ccccc2)c1Br.[B].[CH-]=C.[CH-]=C.[H-].[Li+].[Na+].[Zn+2]. The van der Waals surface area contributed by atoms with E-state index in [4.69, 9.17) is 76.2 Å². The maximum atomic E-state index is 12.2. The molecule has 0 spiro atoms. The largest absolute Gasteiger partial charge is 2.00 e. The molecule has 0 amide bonds. The summed E-state index contributed by atoms with van der Waals surface area (Å²) in [7, 11) is 1.00. The number of ketones is 1. The van der Waals surface area contributed by atoms with Crippen molar-refractivity contribution in [3.05, 3.63) is 309 Å². The van der Waals surface area contributed by atoms with Crippen molar-refractivity contribution in [2.75, 3.05) is 53.2 Å². The smallest absolute Gasteiger partial charge is 1.00 e. The van der Waals surface area contributed by atoms with Crippen molar-refractivity contribution >= 4 is 96.5 Å². The van der Waals surface area contributed by atoms with E-state index in [1.165, 1.54) is 25.0 Å². The van der Waals surface area contributed by atoms with Crippen LogP contribution in [-0.4, -0.2) is 136 Å². The number of halogens is 5. The number of aliphatic hydroxyl groups excluding tert-OH is 5. The molecule has 3 atom stereocenters. The van der Waals surface area contributed by atoms with Gasteiger partial charge in [0.1, 0.15) is 72.4 Å². The normalized spacial score (nSPS) is 11.8. The first kappa shape index (κ1) is 110. The van der Waals surface area contributed by atoms with Crippen LogP contribution >= 0.6 is 76.0 Å². The van der Waals surface area contributed by atoms with Gasteiger partial charge in [-0.2, -0.15) is 0 Å². The van der Waals surface area contributed by atoms with Crippen LogP contribution < -0.4 is 77.2 Å². The van der Waals surface area contributed by atoms with Crippen molar-refractivity contribution in [2.45, 2.75) is 84.3 Å². The van der Waals surface area contributed by atoms with Crippen LogP contribution in [0.2, 0.25) is 0 Å². The molecule has 5 aromatic heterocycles. The van der Waals surface area contributed by atoms with Gasteiger partial charge in [0.05, 0.1) is 19.3 Å². The first-order valence-electron chi connectivity index (χ1n) is 33.6. The summed E-state index contributed by atoms with van der Waals surface area (Å²) in [5.41, 5.74) is 6.02. The van der Waals surface area contributed by atoms with Crippen LogP contribution in [0.1, 0.15) is 105 Å². The molecule has 115 heavy (non-hydrogen) atoms. The molecule has 5 N–H and O–H groups in total. The molecule has 0 aliphatic carbocycles. The quantitative estimate of drug-likeness (QED) is 0.0117. The summed E-state index contributed by atoms with van der Waals surface area (Å²) in [6, 6.07) is 61.0. The van der Waals surface area contributed by atoms with Crippen molar-refractivity contribution in [1.29, 1.82) is 0 Å². The van der Waals surface area contributed by atoms with Crippen molar-refractivity contribution in [3.63, 3.8) is 0 Å². The Morgan fingerprint density at radius 2 is 0.930 bits per heavy atom. The zero-order valence-corrected chi connectivity index (χ0v) is 77.1. The first-order valence-corrected chi connectivity index (χ1v) is 39.7. The van der Waals surface area contributed by atoms with Gasteiger partial charge in [-0.1, -0.05) is 207 Å². The summed E-state index contributed by atoms with van der Waals surface area (Å²) in [6.45, 7) is 25.7. The summed E-state index contributed by atoms with van der Waals surface area (Å²) in [6.07, 6.45) is 2.92. The van der Waals surface area contributed by atoms with E-state index in [0.29, 0.717) is 81.9 Å². The van der Waals surface area contributed by atoms with Crippen molar-refractivity contribution in [3.8, 4) is 29.4 Å². The molecule has 2 saturated heterocycles. The van der Waals surface area contributed by atoms with Gasteiger partial charge in [-0.15, -0.1) is 6.58 Å². The van der Waals surface area contributed by atoms with Gasteiger partial charge in [-0.25, -0.2) is 0 Å². The number of aliphatic hydroxyl groups is 5. The van der Waals surface area contributed by atoms with Crippen LogP contribution in [0.5, 0.6) is 29.4 Å². The molecule has 6 aromatic carbocycles. The Labute approximate surface area is 760 Å². The molecule has 13 rings (SSSR count). The fraction of sp³-hybridized carbons (Fsp3) is 0.263. The molecule has 3 radical (unpaired) electrons. The molecule has 2 aliphatic rings. The zero-order chi connectivity index (χ0) is 81.2. The minimum atomic E-state index is -0.902. The zero-order valence-electron chi connectivity index (χ0n) is 65.2. The van der Waals surface area contributed by atoms with Gasteiger partial charge in [0.25, 0.3) is 29.4 Å². The number of hydrogen-bond acceptors (Lipinski definition) is 26. The van der Waals surface area contributed by atoms with E-state index in [0.717, 1.165) is 80.0 Å². The molecule has 26 nitrogen and oxygen atoms in total. The van der Waals surface area contributed by atoms with Crippen molar-refractivity contribution in [1.82, 2.24) is 30.7 Å². The van der Waals surface area contributed by atoms with Crippen LogP contribution in [0.4, 0.5) is 0 Å². The standard InChI is InChI=1S/C13H12BrNO3.C13H18NO2.C12H11NO4.C11H10BrNO3.C11H8BrNO3.C11H11NO3.C4H8O.2C2H3.CH4O.B.Br2.Li.Na.Zn.H/c1-2-10(16)12-11(14)13(15-18-12)17-8-9-6-4-3-5-7-9;1-11(14-7-9-16-10-8-14)13(15)12-5-3-2-4-6-12;14-7-10(15)11-6-12(13-17-11)16-8-9-4-2-1-3-5-9;2*12-10-9(6-14)16-13-11(10)15-7-8-4-2-1-3-5-8;13-7-10-6-11(12-15-10)14-8-9-4-2-1-3-5-9;1-2-4-5-3-1;3*1-2;;1-2;;;;/h2-7,10,16H,1,8H2;2-6,11,13H,7-10H2,1H3;1-6,14H,7-8H2;1-5,14H,6-7H2;1-6H,7H2;1-6,13H,7-8H2;1-4H2;2*1H,2H2;2H,1H3;;;;;;/q;-1;;;;;;2*-1;;;;2*+1;+2;-1/t10-;11-,13?;;;;;;;;;;;;;;/m11............../s1. The average Bonchev–Trinajstić information content (AvgIpc) is 0.989. The maximum Gasteiger partial charge on any atom is 2.00 e. The minimum Gasteiger partial charge on any atom is -1.00 e. The Morgan fingerprint density at radius 3 is 1.30 bits per heavy atom. The second-order valence-corrected chi connectivity index (χ2v) is 24.2. The molecule has 2 fully saturated rings. The van der Waals surface area contributed by atoms with Gasteiger partial charge < -0.3 is 101 Å². The average molecular weight is 1960 g/mol. The van der Waals surface area contributed by atoms with E-state index < -0.39 is 24.6 Å². The molecule has 2 aliphatic heterocycles. The van der Waals surface area contributed by atoms with E-state index >= 15 is 0 Å². The Bertz CT molecular complexity index is 4190. The number of aldehydes is 1. The van der Waals surface area contributed by atoms with Gasteiger partial charge in [0, 0.05) is 76.1 Å². The monoisotopic (exact) mass is 1950 g/mol. The van der Waals surface area contributed by atoms with Crippen LogP contribution in [0.25, 0.3) is 0 Å². The molecular weight excluding hydrogens is 1870 g/mol. The number of morpholine rings is 1. The third kappa shape index (κ3) is 43.0. The topological polar surface area (TPSA) is 356 Å². The number of nitrogens with zero attached hydrogens (tertiary/aromatic N) is 6. The predicted octanol–water partition coefficient (Wildman–Crippen LogP) is 9.60. The first-order chi connectivity index (χ1) is 54.3. The minimum absolute atomic E-state index is 0. The number of benzene rings is 6. The molecule has 0 saturated carbocycles. The molecule has 1 unspecified atom stereocenters. The number of Topliss-reactive ketones (excluding diaryl/α,β-unsaturated/α-hetero) is 1. The molecular formula is C80H89BBr5LiN6NaO20Zn. The van der Waals surface area contributed by atoms with Crippen LogP contribution in [0.15, 0.2) is 256 Å². The Kier molecular flexibility index (Phi) is 66.4. The van der Waals surface area contributed by atoms with E-state index in [-0.39, 0.29) is 126 Å². The maximum absolute atomic E-state index is 12.2. The van der Waals surface area contributed by atoms with Gasteiger partial charge in [-0.3, -0.25) is 27.6 Å². The van der Waals surface area contributed by atoms with Crippen molar-refractivity contribution in [2.24, 2.45) is 0 Å². The van der Waals surface area contributed by atoms with E-state index in [2.05, 4.69) is 140 Å². The predicted molar refractivity (Wildman–Crippen MR) is 437 cm³/mol. The number of carbonyl (C=O) groups excluding carboxylic acids is 2. The van der Waals surface area contributed by atoms with Gasteiger partial charge in [0.15, 0.2) is 23.6 Å². The Balaban J connectivity index is -0.00000127. The van der Waals surface area contributed by atoms with Gasteiger partial charge in [0.2, 0.25) is 17.3 Å². The van der Waals surface area contributed by atoms with Crippen molar-refractivity contribution < 1.29 is 165 Å². The van der Waals surface area contributed by atoms with Crippen LogP contribution in [0.3, 0.4) is 0 Å². The molecule has 7 heterocycles. The fourth-order valence-corrected chi connectivity index (χ4v) is 10.0. The number of aromatic nitrogens is 5. The van der Waals surface area contributed by atoms with E-state index in [9.17, 15) is 19.8 Å². The molecule has 35 heteroatoms. The fourth-order valence-electron chi connectivity index (χ4n) is 8.80. The summed E-state index contributed by atoms with van der Waals surface area (Å²) < 4.78 is 62.9.